The molecule has 0 atom stereocenters. The van der Waals surface area contributed by atoms with Crippen LogP contribution in [0.5, 0.6) is 0 Å². The van der Waals surface area contributed by atoms with Gasteiger partial charge < -0.3 is 9.47 Å². The number of esters is 2. The molecule has 2 aliphatic rings. The van der Waals surface area contributed by atoms with Gasteiger partial charge in [0.15, 0.2) is 0 Å². The lowest BCUT2D eigenvalue weighted by Gasteiger charge is -2.07. The number of carbonyl (C=O) groups is 3. The van der Waals surface area contributed by atoms with Gasteiger partial charge in [-0.3, -0.25) is 4.79 Å². The van der Waals surface area contributed by atoms with Crippen LogP contribution >= 0.6 is 0 Å². The van der Waals surface area contributed by atoms with Gasteiger partial charge in [-0.1, -0.05) is 0 Å². The number of rotatable bonds is 0. The Balaban J connectivity index is 2.38. The van der Waals surface area contributed by atoms with Crippen molar-refractivity contribution in [3.63, 3.8) is 0 Å². The molecule has 7 heteroatoms. The summed E-state index contributed by atoms with van der Waals surface area (Å²) >= 11 is 0. The van der Waals surface area contributed by atoms with Crippen molar-refractivity contribution in [2.75, 3.05) is 6.54 Å². The molecule has 0 aromatic heterocycles. The third-order valence-corrected chi connectivity index (χ3v) is 1.54. The van der Waals surface area contributed by atoms with Gasteiger partial charge in [0.05, 0.1) is 0 Å². The molecule has 0 aromatic carbocycles. The normalized spacial score (nSPS) is 22.5. The first-order chi connectivity index (χ1) is 7.15. The molecule has 0 aliphatic carbocycles. The van der Waals surface area contributed by atoms with Crippen molar-refractivity contribution in [2.24, 2.45) is 9.98 Å². The van der Waals surface area contributed by atoms with Crippen LogP contribution in [0.15, 0.2) is 22.1 Å². The molecule has 2 aliphatic heterocycles. The van der Waals surface area contributed by atoms with Crippen LogP contribution in [0.3, 0.4) is 0 Å². The van der Waals surface area contributed by atoms with Crippen LogP contribution < -0.4 is 0 Å². The minimum absolute atomic E-state index is 0.255. The van der Waals surface area contributed by atoms with E-state index in [9.17, 15) is 14.4 Å². The van der Waals surface area contributed by atoms with Crippen molar-refractivity contribution in [1.82, 2.24) is 0 Å². The van der Waals surface area contributed by atoms with Gasteiger partial charge in [-0.2, -0.15) is 4.99 Å². The van der Waals surface area contributed by atoms with Crippen LogP contribution in [0.2, 0.25) is 0 Å². The fourth-order valence-electron chi connectivity index (χ4n) is 0.916. The number of hydrogen-bond donors (Lipinski definition) is 0. The molecule has 0 aromatic rings. The van der Waals surface area contributed by atoms with Crippen LogP contribution in [0.1, 0.15) is 0 Å². The van der Waals surface area contributed by atoms with E-state index in [2.05, 4.69) is 19.5 Å². The Morgan fingerprint density at radius 2 is 1.73 bits per heavy atom. The van der Waals surface area contributed by atoms with E-state index < -0.39 is 23.6 Å². The molecule has 2 rings (SSSR count). The second-order valence-corrected chi connectivity index (χ2v) is 2.61. The number of amidine groups is 1. The van der Waals surface area contributed by atoms with Gasteiger partial charge in [0.2, 0.25) is 5.78 Å². The Morgan fingerprint density at radius 3 is 2.47 bits per heavy atom. The third kappa shape index (κ3) is 1.96. The van der Waals surface area contributed by atoms with Gasteiger partial charge in [0.1, 0.15) is 6.54 Å². The molecule has 0 spiro atoms. The first-order valence-corrected chi connectivity index (χ1v) is 3.93. The number of aliphatic imine (C=N–C) groups is 2. The Morgan fingerprint density at radius 1 is 1.07 bits per heavy atom. The van der Waals surface area contributed by atoms with Crippen LogP contribution in [0.4, 0.5) is 0 Å². The lowest BCUT2D eigenvalue weighted by atomic mass is 10.4. The summed E-state index contributed by atoms with van der Waals surface area (Å²) in [6.45, 7) is -0.255. The number of ketones is 1. The molecule has 0 saturated carbocycles. The number of nitrogens with zero attached hydrogens (tertiary/aromatic N) is 2. The monoisotopic (exact) mass is 208 g/mol. The van der Waals surface area contributed by atoms with Gasteiger partial charge in [-0.25, -0.2) is 14.6 Å². The smallest absolute Gasteiger partial charge is 0.338 e. The SMILES string of the molecule is O=C1/C=C\C(=O)OC2=NC(=NCC2=O)O1. The van der Waals surface area contributed by atoms with E-state index in [0.717, 1.165) is 12.2 Å². The largest absolute Gasteiger partial charge is 0.400 e. The summed E-state index contributed by atoms with van der Waals surface area (Å²) in [4.78, 5) is 40.1. The summed E-state index contributed by atoms with van der Waals surface area (Å²) in [7, 11) is 0. The van der Waals surface area contributed by atoms with Gasteiger partial charge in [0.25, 0.3) is 5.90 Å². The maximum Gasteiger partial charge on any atom is 0.338 e. The minimum Gasteiger partial charge on any atom is -0.400 e. The highest BCUT2D eigenvalue weighted by Crippen LogP contribution is 2.03. The predicted octanol–water partition coefficient (Wildman–Crippen LogP) is -1.02. The maximum absolute atomic E-state index is 11.1. The Hall–Kier alpha value is -2.31. The molecule has 0 radical (unpaired) electrons. The fraction of sp³-hybridized carbons (Fsp3) is 0.125. The zero-order valence-electron chi connectivity index (χ0n) is 7.30. The highest BCUT2D eigenvalue weighted by atomic mass is 16.6. The van der Waals surface area contributed by atoms with Gasteiger partial charge in [-0.15, -0.1) is 0 Å². The van der Waals surface area contributed by atoms with Gasteiger partial charge in [0, 0.05) is 12.2 Å². The predicted molar refractivity (Wildman–Crippen MR) is 46.1 cm³/mol. The topological polar surface area (TPSA) is 94.4 Å². The Bertz CT molecular complexity index is 446. The van der Waals surface area contributed by atoms with E-state index in [4.69, 9.17) is 0 Å². The van der Waals surface area contributed by atoms with E-state index in [1.807, 2.05) is 0 Å². The fourth-order valence-corrected chi connectivity index (χ4v) is 0.916. The average molecular weight is 208 g/mol. The van der Waals surface area contributed by atoms with E-state index in [1.54, 1.807) is 0 Å². The van der Waals surface area contributed by atoms with E-state index >= 15 is 0 Å². The molecule has 0 unspecified atom stereocenters. The van der Waals surface area contributed by atoms with Crippen LogP contribution in [0, 0.1) is 0 Å². The quantitative estimate of drug-likeness (QED) is 0.475. The zero-order chi connectivity index (χ0) is 10.8. The standard InChI is InChI=1S/C8H4N2O5/c11-4-3-9-8-10-7(4)14-5(12)1-2-6(13)15-8/h1-2H,3H2/b2-1-. The summed E-state index contributed by atoms with van der Waals surface area (Å²) in [6.07, 6.45) is 1.71. The molecule has 2 heterocycles. The molecular formula is C8H4N2O5. The second kappa shape index (κ2) is 3.45. The first-order valence-electron chi connectivity index (χ1n) is 3.93. The van der Waals surface area contributed by atoms with E-state index in [0.29, 0.717) is 0 Å². The lowest BCUT2D eigenvalue weighted by molar-refractivity contribution is -0.132. The molecule has 0 fully saturated rings. The molecule has 0 N–H and O–H groups in total. The van der Waals surface area contributed by atoms with Gasteiger partial charge >= 0.3 is 18.0 Å². The summed E-state index contributed by atoms with van der Waals surface area (Å²) < 4.78 is 9.16. The summed E-state index contributed by atoms with van der Waals surface area (Å²) in [6, 6.07) is -0.283. The second-order valence-electron chi connectivity index (χ2n) is 2.61. The minimum atomic E-state index is -0.859. The van der Waals surface area contributed by atoms with Crippen molar-refractivity contribution in [3.05, 3.63) is 12.2 Å². The number of Topliss-reactive ketones (excluding diaryl/α,β-unsaturated/α-hetero) is 1. The molecule has 0 amide bonds. The number of fused-ring (bicyclic) bond motifs is 1. The zero-order valence-corrected chi connectivity index (χ0v) is 7.30. The third-order valence-electron chi connectivity index (χ3n) is 1.54. The number of carbonyl (C=O) groups excluding carboxylic acids is 3. The number of hydrogen-bond acceptors (Lipinski definition) is 7. The van der Waals surface area contributed by atoms with E-state index in [1.165, 1.54) is 0 Å². The summed E-state index contributed by atoms with van der Waals surface area (Å²) in [5.41, 5.74) is 0. The van der Waals surface area contributed by atoms with Crippen molar-refractivity contribution in [3.8, 4) is 0 Å². The van der Waals surface area contributed by atoms with Crippen molar-refractivity contribution >= 4 is 29.6 Å². The lowest BCUT2D eigenvalue weighted by Crippen LogP contribution is -2.28. The molecule has 7 nitrogen and oxygen atoms in total. The molecule has 76 valence electrons. The van der Waals surface area contributed by atoms with E-state index in [-0.39, 0.29) is 12.6 Å². The number of ether oxygens (including phenoxy) is 2. The van der Waals surface area contributed by atoms with Crippen LogP contribution in [0.25, 0.3) is 0 Å². The molecule has 0 saturated heterocycles. The summed E-state index contributed by atoms with van der Waals surface area (Å²) in [5.74, 6) is -2.62. The van der Waals surface area contributed by atoms with Crippen LogP contribution in [-0.4, -0.2) is 36.2 Å². The highest BCUT2D eigenvalue weighted by molar-refractivity contribution is 6.41. The van der Waals surface area contributed by atoms with Crippen molar-refractivity contribution in [1.29, 1.82) is 0 Å². The van der Waals surface area contributed by atoms with Crippen LogP contribution in [-0.2, 0) is 23.9 Å². The highest BCUT2D eigenvalue weighted by Gasteiger charge is 2.24. The summed E-state index contributed by atoms with van der Waals surface area (Å²) in [5, 5.41) is 0. The maximum atomic E-state index is 11.1. The molecular weight excluding hydrogens is 204 g/mol. The van der Waals surface area contributed by atoms with Gasteiger partial charge in [-0.05, 0) is 0 Å². The Kier molecular flexibility index (Phi) is 2.13. The average Bonchev–Trinajstić information content (AvgIpc) is 2.24. The first kappa shape index (κ1) is 9.25. The molecule has 15 heavy (non-hydrogen) atoms. The Labute approximate surface area is 83.1 Å². The van der Waals surface area contributed by atoms with Crippen molar-refractivity contribution < 1.29 is 23.9 Å². The van der Waals surface area contributed by atoms with Crippen molar-refractivity contribution in [2.45, 2.75) is 0 Å². The molecule has 2 bridgehead atoms.